The number of phosphoric acid groups is 1. The van der Waals surface area contributed by atoms with Crippen LogP contribution >= 0.6 is 7.82 Å². The van der Waals surface area contributed by atoms with Gasteiger partial charge in [0.15, 0.2) is 0 Å². The Balaban J connectivity index is 1.50. The summed E-state index contributed by atoms with van der Waals surface area (Å²) in [6, 6.07) is 25.1. The SMILES string of the molecule is O=P(OCc1ccccc1)(OCc1ccccc1)OCC1(c2ccc(O)cc2)OCCO1. The monoisotopic (exact) mass is 456 g/mol. The van der Waals surface area contributed by atoms with Gasteiger partial charge in [-0.3, -0.25) is 13.6 Å². The van der Waals surface area contributed by atoms with Gasteiger partial charge < -0.3 is 14.6 Å². The summed E-state index contributed by atoms with van der Waals surface area (Å²) in [5.41, 5.74) is 2.30. The molecule has 0 aromatic heterocycles. The molecule has 168 valence electrons. The van der Waals surface area contributed by atoms with Gasteiger partial charge in [-0.1, -0.05) is 60.7 Å². The first-order valence-electron chi connectivity index (χ1n) is 10.3. The summed E-state index contributed by atoms with van der Waals surface area (Å²) in [4.78, 5) is 0. The van der Waals surface area contributed by atoms with Crippen LogP contribution in [0.3, 0.4) is 0 Å². The van der Waals surface area contributed by atoms with Crippen LogP contribution in [0.5, 0.6) is 5.75 Å². The summed E-state index contributed by atoms with van der Waals surface area (Å²) in [6.07, 6.45) is 0. The van der Waals surface area contributed by atoms with E-state index in [1.807, 2.05) is 60.7 Å². The number of hydrogen-bond acceptors (Lipinski definition) is 7. The van der Waals surface area contributed by atoms with Crippen LogP contribution in [0, 0.1) is 0 Å². The highest BCUT2D eigenvalue weighted by atomic mass is 31.2. The highest BCUT2D eigenvalue weighted by molar-refractivity contribution is 7.48. The van der Waals surface area contributed by atoms with Gasteiger partial charge in [0.1, 0.15) is 12.4 Å². The zero-order chi connectivity index (χ0) is 22.3. The number of phenols is 1. The number of hydrogen-bond donors (Lipinski definition) is 1. The van der Waals surface area contributed by atoms with Crippen molar-refractivity contribution in [3.8, 4) is 5.75 Å². The fraction of sp³-hybridized carbons (Fsp3) is 0.250. The fourth-order valence-electron chi connectivity index (χ4n) is 3.23. The molecule has 1 aliphatic rings. The van der Waals surface area contributed by atoms with Crippen molar-refractivity contribution in [2.45, 2.75) is 19.0 Å². The molecule has 4 rings (SSSR count). The first-order chi connectivity index (χ1) is 15.6. The molecule has 0 spiro atoms. The molecule has 0 amide bonds. The maximum Gasteiger partial charge on any atom is 0.475 e. The molecule has 1 aliphatic heterocycles. The number of benzene rings is 3. The lowest BCUT2D eigenvalue weighted by Crippen LogP contribution is -2.32. The first-order valence-corrected chi connectivity index (χ1v) is 11.7. The van der Waals surface area contributed by atoms with E-state index in [2.05, 4.69) is 0 Å². The van der Waals surface area contributed by atoms with Crippen LogP contribution in [0.2, 0.25) is 0 Å². The third-order valence-corrected chi connectivity index (χ3v) is 6.27. The van der Waals surface area contributed by atoms with Crippen LogP contribution in [0.25, 0.3) is 0 Å². The lowest BCUT2D eigenvalue weighted by atomic mass is 10.1. The van der Waals surface area contributed by atoms with E-state index in [4.69, 9.17) is 23.0 Å². The minimum Gasteiger partial charge on any atom is -0.508 e. The van der Waals surface area contributed by atoms with Gasteiger partial charge in [0, 0.05) is 5.56 Å². The van der Waals surface area contributed by atoms with Gasteiger partial charge in [0.25, 0.3) is 0 Å². The highest BCUT2D eigenvalue weighted by Gasteiger charge is 2.42. The Morgan fingerprint density at radius 3 is 1.75 bits per heavy atom. The van der Waals surface area contributed by atoms with Crippen LogP contribution in [0.4, 0.5) is 0 Å². The van der Waals surface area contributed by atoms with Crippen molar-refractivity contribution in [3.05, 3.63) is 102 Å². The van der Waals surface area contributed by atoms with E-state index in [1.54, 1.807) is 12.1 Å². The summed E-state index contributed by atoms with van der Waals surface area (Å²) >= 11 is 0. The van der Waals surface area contributed by atoms with Crippen LogP contribution in [0.1, 0.15) is 16.7 Å². The molecular formula is C24H25O7P. The molecule has 1 heterocycles. The van der Waals surface area contributed by atoms with Crippen molar-refractivity contribution < 1.29 is 32.7 Å². The number of aromatic hydroxyl groups is 1. The molecule has 0 radical (unpaired) electrons. The maximum atomic E-state index is 13.5. The Kier molecular flexibility index (Phi) is 7.37. The van der Waals surface area contributed by atoms with E-state index in [9.17, 15) is 9.67 Å². The largest absolute Gasteiger partial charge is 0.508 e. The molecule has 0 atom stereocenters. The molecule has 3 aromatic carbocycles. The van der Waals surface area contributed by atoms with Gasteiger partial charge in [-0.05, 0) is 35.4 Å². The van der Waals surface area contributed by atoms with Crippen molar-refractivity contribution in [2.75, 3.05) is 19.8 Å². The topological polar surface area (TPSA) is 83.5 Å². The molecule has 0 aliphatic carbocycles. The molecule has 0 bridgehead atoms. The zero-order valence-electron chi connectivity index (χ0n) is 17.5. The van der Waals surface area contributed by atoms with E-state index in [0.29, 0.717) is 18.8 Å². The molecule has 1 fully saturated rings. The molecular weight excluding hydrogens is 431 g/mol. The predicted octanol–water partition coefficient (Wildman–Crippen LogP) is 5.15. The minimum atomic E-state index is -3.98. The van der Waals surface area contributed by atoms with E-state index in [0.717, 1.165) is 11.1 Å². The molecule has 3 aromatic rings. The zero-order valence-corrected chi connectivity index (χ0v) is 18.4. The molecule has 1 saturated heterocycles. The fourth-order valence-corrected chi connectivity index (χ4v) is 4.40. The predicted molar refractivity (Wildman–Crippen MR) is 118 cm³/mol. The summed E-state index contributed by atoms with van der Waals surface area (Å²) in [5.74, 6) is -1.15. The quantitative estimate of drug-likeness (QED) is 0.423. The normalized spacial score (nSPS) is 15.6. The number of rotatable bonds is 10. The Morgan fingerprint density at radius 1 is 0.750 bits per heavy atom. The molecule has 0 saturated carbocycles. The molecule has 1 N–H and O–H groups in total. The Labute approximate surface area is 187 Å². The van der Waals surface area contributed by atoms with Gasteiger partial charge in [0.2, 0.25) is 5.79 Å². The third-order valence-electron chi connectivity index (χ3n) is 4.94. The first kappa shape index (κ1) is 22.7. The average Bonchev–Trinajstić information content (AvgIpc) is 3.32. The smallest absolute Gasteiger partial charge is 0.475 e. The van der Waals surface area contributed by atoms with Gasteiger partial charge in [-0.2, -0.15) is 0 Å². The number of phosphoric ester groups is 1. The van der Waals surface area contributed by atoms with E-state index < -0.39 is 13.6 Å². The average molecular weight is 456 g/mol. The summed E-state index contributed by atoms with van der Waals surface area (Å²) in [5, 5.41) is 9.60. The van der Waals surface area contributed by atoms with Gasteiger partial charge in [-0.15, -0.1) is 0 Å². The third kappa shape index (κ3) is 5.84. The summed E-state index contributed by atoms with van der Waals surface area (Å²) in [6.45, 7) is 0.606. The Morgan fingerprint density at radius 2 is 1.25 bits per heavy atom. The standard InChI is InChI=1S/C24H25O7P/c25-23-13-11-22(12-14-23)24(27-15-16-28-24)19-31-32(26,29-17-20-7-3-1-4-8-20)30-18-21-9-5-2-6-10-21/h1-14,25H,15-19H2. The van der Waals surface area contributed by atoms with Gasteiger partial charge >= 0.3 is 7.82 Å². The van der Waals surface area contributed by atoms with Crippen LogP contribution in [0.15, 0.2) is 84.9 Å². The van der Waals surface area contributed by atoms with Crippen molar-refractivity contribution in [2.24, 2.45) is 0 Å². The number of ether oxygens (including phenoxy) is 2. The van der Waals surface area contributed by atoms with Crippen molar-refractivity contribution in [1.29, 1.82) is 0 Å². The van der Waals surface area contributed by atoms with Crippen molar-refractivity contribution >= 4 is 7.82 Å². The Hall–Kier alpha value is -2.51. The van der Waals surface area contributed by atoms with Crippen LogP contribution < -0.4 is 0 Å². The summed E-state index contributed by atoms with van der Waals surface area (Å²) in [7, 11) is -3.98. The van der Waals surface area contributed by atoms with Gasteiger partial charge in [-0.25, -0.2) is 4.57 Å². The minimum absolute atomic E-state index is 0.0564. The van der Waals surface area contributed by atoms with Crippen LogP contribution in [-0.4, -0.2) is 24.9 Å². The molecule has 8 heteroatoms. The van der Waals surface area contributed by atoms with Crippen LogP contribution in [-0.2, 0) is 46.6 Å². The Bertz CT molecular complexity index is 972. The molecule has 0 unspecified atom stereocenters. The number of phenolic OH excluding ortho intramolecular Hbond substituents is 1. The van der Waals surface area contributed by atoms with Crippen molar-refractivity contribution in [1.82, 2.24) is 0 Å². The van der Waals surface area contributed by atoms with E-state index >= 15 is 0 Å². The second kappa shape index (κ2) is 10.4. The lowest BCUT2D eigenvalue weighted by Gasteiger charge is -2.29. The second-order valence-corrected chi connectivity index (χ2v) is 8.90. The van der Waals surface area contributed by atoms with Gasteiger partial charge in [0.05, 0.1) is 26.4 Å². The molecule has 32 heavy (non-hydrogen) atoms. The second-order valence-electron chi connectivity index (χ2n) is 7.24. The maximum absolute atomic E-state index is 13.5. The molecule has 7 nitrogen and oxygen atoms in total. The van der Waals surface area contributed by atoms with Crippen molar-refractivity contribution in [3.63, 3.8) is 0 Å². The van der Waals surface area contributed by atoms with E-state index in [-0.39, 0.29) is 25.6 Å². The summed E-state index contributed by atoms with van der Waals surface area (Å²) < 4.78 is 42.2. The lowest BCUT2D eigenvalue weighted by molar-refractivity contribution is -0.189. The van der Waals surface area contributed by atoms with E-state index in [1.165, 1.54) is 12.1 Å². The highest BCUT2D eigenvalue weighted by Crippen LogP contribution is 2.52.